The standard InChI is InChI=1S/C13H13FN2O4/c14-8-3-1-2-4-10(8)20-7-12(18)15-9-5-6-11(17)16-13(9)19/h1-4,9H,5-7H2,(H,15,18)(H,16,17,19). The van der Waals surface area contributed by atoms with E-state index in [0.29, 0.717) is 0 Å². The first-order valence-electron chi connectivity index (χ1n) is 6.06. The van der Waals surface area contributed by atoms with Crippen LogP contribution in [0.25, 0.3) is 0 Å². The quantitative estimate of drug-likeness (QED) is 0.768. The minimum atomic E-state index is -0.760. The van der Waals surface area contributed by atoms with E-state index < -0.39 is 30.3 Å². The molecule has 6 nitrogen and oxygen atoms in total. The van der Waals surface area contributed by atoms with E-state index in [0.717, 1.165) is 0 Å². The zero-order valence-corrected chi connectivity index (χ0v) is 10.5. The van der Waals surface area contributed by atoms with Crippen LogP contribution in [-0.4, -0.2) is 30.4 Å². The Morgan fingerprint density at radius 3 is 2.85 bits per heavy atom. The fourth-order valence-corrected chi connectivity index (χ4v) is 1.77. The summed E-state index contributed by atoms with van der Waals surface area (Å²) in [5.41, 5.74) is 0. The number of imide groups is 1. The molecule has 1 aromatic carbocycles. The lowest BCUT2D eigenvalue weighted by Crippen LogP contribution is -2.53. The number of benzene rings is 1. The number of amides is 3. The monoisotopic (exact) mass is 280 g/mol. The number of nitrogens with one attached hydrogen (secondary N) is 2. The SMILES string of the molecule is O=C1CCC(NC(=O)COc2ccccc2F)C(=O)N1. The van der Waals surface area contributed by atoms with Gasteiger partial charge in [-0.3, -0.25) is 19.7 Å². The molecule has 2 rings (SSSR count). The lowest BCUT2D eigenvalue weighted by molar-refractivity contribution is -0.137. The van der Waals surface area contributed by atoms with Crippen molar-refractivity contribution in [1.82, 2.24) is 10.6 Å². The molecule has 20 heavy (non-hydrogen) atoms. The van der Waals surface area contributed by atoms with Crippen LogP contribution in [0.3, 0.4) is 0 Å². The Labute approximate surface area is 114 Å². The summed E-state index contributed by atoms with van der Waals surface area (Å²) < 4.78 is 18.3. The third kappa shape index (κ3) is 3.53. The highest BCUT2D eigenvalue weighted by atomic mass is 19.1. The first-order valence-corrected chi connectivity index (χ1v) is 6.06. The van der Waals surface area contributed by atoms with Gasteiger partial charge in [0.2, 0.25) is 11.8 Å². The average Bonchev–Trinajstić information content (AvgIpc) is 2.41. The summed E-state index contributed by atoms with van der Waals surface area (Å²) in [6, 6.07) is 4.94. The molecular formula is C13H13FN2O4. The molecule has 1 aliphatic heterocycles. The molecule has 3 amide bonds. The lowest BCUT2D eigenvalue weighted by atomic mass is 10.1. The van der Waals surface area contributed by atoms with Crippen molar-refractivity contribution in [3.63, 3.8) is 0 Å². The van der Waals surface area contributed by atoms with Gasteiger partial charge >= 0.3 is 0 Å². The van der Waals surface area contributed by atoms with Crippen LogP contribution in [0.15, 0.2) is 24.3 Å². The molecule has 1 heterocycles. The third-order valence-corrected chi connectivity index (χ3v) is 2.77. The molecule has 2 N–H and O–H groups in total. The van der Waals surface area contributed by atoms with E-state index in [1.165, 1.54) is 18.2 Å². The number of hydrogen-bond donors (Lipinski definition) is 2. The fraction of sp³-hybridized carbons (Fsp3) is 0.308. The minimum Gasteiger partial charge on any atom is -0.481 e. The van der Waals surface area contributed by atoms with Gasteiger partial charge in [0.25, 0.3) is 5.91 Å². The summed E-state index contributed by atoms with van der Waals surface area (Å²) in [4.78, 5) is 34.0. The molecule has 1 saturated heterocycles. The first kappa shape index (κ1) is 14.0. The molecule has 0 spiro atoms. The van der Waals surface area contributed by atoms with E-state index in [1.54, 1.807) is 6.07 Å². The summed E-state index contributed by atoms with van der Waals surface area (Å²) >= 11 is 0. The number of halogens is 1. The highest BCUT2D eigenvalue weighted by Gasteiger charge is 2.27. The molecule has 7 heteroatoms. The molecule has 0 bridgehead atoms. The second-order valence-electron chi connectivity index (χ2n) is 4.29. The largest absolute Gasteiger partial charge is 0.481 e. The summed E-state index contributed by atoms with van der Waals surface area (Å²) in [7, 11) is 0. The molecule has 1 fully saturated rings. The predicted molar refractivity (Wildman–Crippen MR) is 66.2 cm³/mol. The van der Waals surface area contributed by atoms with Gasteiger partial charge in [0.05, 0.1) is 0 Å². The Hall–Kier alpha value is -2.44. The van der Waals surface area contributed by atoms with Crippen LogP contribution in [0.5, 0.6) is 5.75 Å². The van der Waals surface area contributed by atoms with Gasteiger partial charge in [0.15, 0.2) is 18.2 Å². The van der Waals surface area contributed by atoms with Gasteiger partial charge < -0.3 is 10.1 Å². The molecule has 0 radical (unpaired) electrons. The van der Waals surface area contributed by atoms with Gasteiger partial charge in [0, 0.05) is 6.42 Å². The predicted octanol–water partition coefficient (Wildman–Crippen LogP) is 0.126. The van der Waals surface area contributed by atoms with Crippen LogP contribution in [0.1, 0.15) is 12.8 Å². The van der Waals surface area contributed by atoms with Crippen molar-refractivity contribution < 1.29 is 23.5 Å². The van der Waals surface area contributed by atoms with Crippen molar-refractivity contribution in [3.8, 4) is 5.75 Å². The van der Waals surface area contributed by atoms with Crippen molar-refractivity contribution in [3.05, 3.63) is 30.1 Å². The number of ether oxygens (including phenoxy) is 1. The molecule has 106 valence electrons. The highest BCUT2D eigenvalue weighted by Crippen LogP contribution is 2.15. The number of hydrogen-bond acceptors (Lipinski definition) is 4. The van der Waals surface area contributed by atoms with Crippen molar-refractivity contribution in [1.29, 1.82) is 0 Å². The van der Waals surface area contributed by atoms with Crippen LogP contribution in [-0.2, 0) is 14.4 Å². The number of carbonyl (C=O) groups excluding carboxylic acids is 3. The normalized spacial score (nSPS) is 18.4. The zero-order valence-electron chi connectivity index (χ0n) is 10.5. The Morgan fingerprint density at radius 1 is 1.40 bits per heavy atom. The molecule has 1 unspecified atom stereocenters. The molecule has 0 aromatic heterocycles. The Kier molecular flexibility index (Phi) is 4.29. The van der Waals surface area contributed by atoms with Gasteiger partial charge in [-0.25, -0.2) is 4.39 Å². The highest BCUT2D eigenvalue weighted by molar-refractivity contribution is 6.01. The topological polar surface area (TPSA) is 84.5 Å². The first-order chi connectivity index (χ1) is 9.56. The van der Waals surface area contributed by atoms with Crippen LogP contribution in [0, 0.1) is 5.82 Å². The Bertz CT molecular complexity index is 547. The summed E-state index contributed by atoms with van der Waals surface area (Å²) in [6.07, 6.45) is 0.418. The van der Waals surface area contributed by atoms with Crippen LogP contribution in [0.2, 0.25) is 0 Å². The van der Waals surface area contributed by atoms with Crippen molar-refractivity contribution in [2.75, 3.05) is 6.61 Å². The molecule has 1 aliphatic rings. The minimum absolute atomic E-state index is 0.0362. The van der Waals surface area contributed by atoms with E-state index >= 15 is 0 Å². The maximum Gasteiger partial charge on any atom is 0.258 e. The zero-order chi connectivity index (χ0) is 14.5. The summed E-state index contributed by atoms with van der Waals surface area (Å²) in [5, 5.41) is 4.55. The van der Waals surface area contributed by atoms with E-state index in [2.05, 4.69) is 10.6 Å². The Morgan fingerprint density at radius 2 is 2.15 bits per heavy atom. The molecule has 1 aromatic rings. The van der Waals surface area contributed by atoms with Crippen LogP contribution < -0.4 is 15.4 Å². The van der Waals surface area contributed by atoms with Crippen LogP contribution >= 0.6 is 0 Å². The molecular weight excluding hydrogens is 267 g/mol. The second kappa shape index (κ2) is 6.14. The van der Waals surface area contributed by atoms with Gasteiger partial charge in [-0.1, -0.05) is 12.1 Å². The van der Waals surface area contributed by atoms with Gasteiger partial charge in [-0.2, -0.15) is 0 Å². The molecule has 0 aliphatic carbocycles. The number of piperidine rings is 1. The number of para-hydroxylation sites is 1. The van der Waals surface area contributed by atoms with Crippen molar-refractivity contribution in [2.45, 2.75) is 18.9 Å². The third-order valence-electron chi connectivity index (χ3n) is 2.77. The molecule has 0 saturated carbocycles. The van der Waals surface area contributed by atoms with Gasteiger partial charge in [-0.05, 0) is 18.6 Å². The summed E-state index contributed by atoms with van der Waals surface area (Å²) in [5.74, 6) is -2.06. The van der Waals surface area contributed by atoms with E-state index in [4.69, 9.17) is 4.74 Å². The smallest absolute Gasteiger partial charge is 0.258 e. The van der Waals surface area contributed by atoms with Crippen LogP contribution in [0.4, 0.5) is 4.39 Å². The summed E-state index contributed by atoms with van der Waals surface area (Å²) in [6.45, 7) is -0.404. The fourth-order valence-electron chi connectivity index (χ4n) is 1.77. The average molecular weight is 280 g/mol. The Balaban J connectivity index is 1.83. The van der Waals surface area contributed by atoms with Crippen molar-refractivity contribution in [2.24, 2.45) is 0 Å². The van der Waals surface area contributed by atoms with Gasteiger partial charge in [-0.15, -0.1) is 0 Å². The molecule has 1 atom stereocenters. The number of rotatable bonds is 4. The maximum absolute atomic E-state index is 13.2. The van der Waals surface area contributed by atoms with E-state index in [1.807, 2.05) is 0 Å². The van der Waals surface area contributed by atoms with E-state index in [9.17, 15) is 18.8 Å². The van der Waals surface area contributed by atoms with E-state index in [-0.39, 0.29) is 24.5 Å². The second-order valence-corrected chi connectivity index (χ2v) is 4.29. The number of carbonyl (C=O) groups is 3. The van der Waals surface area contributed by atoms with Gasteiger partial charge in [0.1, 0.15) is 6.04 Å². The van der Waals surface area contributed by atoms with Crippen molar-refractivity contribution >= 4 is 17.7 Å². The lowest BCUT2D eigenvalue weighted by Gasteiger charge is -2.21. The maximum atomic E-state index is 13.2.